The highest BCUT2D eigenvalue weighted by atomic mass is 32.2. The Morgan fingerprint density at radius 1 is 1.27 bits per heavy atom. The van der Waals surface area contributed by atoms with Crippen LogP contribution >= 0.6 is 0 Å². The summed E-state index contributed by atoms with van der Waals surface area (Å²) >= 11 is 0. The van der Waals surface area contributed by atoms with Crippen molar-refractivity contribution in [3.05, 3.63) is 59.8 Å². The van der Waals surface area contributed by atoms with E-state index in [4.69, 9.17) is 15.5 Å². The van der Waals surface area contributed by atoms with Gasteiger partial charge in [-0.15, -0.1) is 0 Å². The molecule has 1 fully saturated rings. The summed E-state index contributed by atoms with van der Waals surface area (Å²) < 4.78 is 33.7. The maximum Gasteiger partial charge on any atom is 0.268 e. The van der Waals surface area contributed by atoms with E-state index in [-0.39, 0.29) is 23.2 Å². The number of carbonyl (C=O) groups is 1. The number of amides is 1. The number of hydrogen-bond acceptors (Lipinski definition) is 8. The van der Waals surface area contributed by atoms with Gasteiger partial charge in [0.2, 0.25) is 0 Å². The van der Waals surface area contributed by atoms with Crippen molar-refractivity contribution in [3.63, 3.8) is 0 Å². The van der Waals surface area contributed by atoms with Crippen LogP contribution in [-0.4, -0.2) is 43.0 Å². The molecule has 3 N–H and O–H groups in total. The third kappa shape index (κ3) is 5.39. The number of nitrogens with zero attached hydrogens (tertiary/aromatic N) is 3. The number of aryl methyl sites for hydroxylation is 1. The van der Waals surface area contributed by atoms with E-state index in [1.807, 2.05) is 32.0 Å². The average molecular weight is 526 g/mol. The van der Waals surface area contributed by atoms with Crippen molar-refractivity contribution < 1.29 is 19.4 Å². The first kappa shape index (κ1) is 26.4. The van der Waals surface area contributed by atoms with Gasteiger partial charge in [-0.2, -0.15) is 0 Å². The molecule has 0 unspecified atom stereocenters. The zero-order valence-corrected chi connectivity index (χ0v) is 22.6. The second-order valence-corrected chi connectivity index (χ2v) is 11.7. The molecule has 0 aliphatic carbocycles. The summed E-state index contributed by atoms with van der Waals surface area (Å²) in [5, 5.41) is 0. The van der Waals surface area contributed by atoms with Crippen LogP contribution in [0.3, 0.4) is 0 Å². The van der Waals surface area contributed by atoms with Crippen LogP contribution in [0.15, 0.2) is 53.6 Å². The van der Waals surface area contributed by atoms with Gasteiger partial charge in [0.1, 0.15) is 22.3 Å². The van der Waals surface area contributed by atoms with Crippen LogP contribution in [0.5, 0.6) is 5.75 Å². The Kier molecular flexibility index (Phi) is 7.14. The number of nitrogens with two attached hydrogens (primary N) is 1. The minimum atomic E-state index is -4.24. The topological polar surface area (TPSA) is 128 Å². The minimum absolute atomic E-state index is 0. The van der Waals surface area contributed by atoms with E-state index in [1.54, 1.807) is 12.1 Å². The first-order chi connectivity index (χ1) is 17.4. The van der Waals surface area contributed by atoms with Gasteiger partial charge in [-0.3, -0.25) is 4.79 Å². The normalized spacial score (nSPS) is 17.0. The zero-order valence-electron chi connectivity index (χ0n) is 21.8. The number of ether oxygens (including phenoxy) is 1. The van der Waals surface area contributed by atoms with Crippen LogP contribution in [0.4, 0.5) is 11.6 Å². The van der Waals surface area contributed by atoms with E-state index >= 15 is 0 Å². The number of benzene rings is 1. The Bertz CT molecular complexity index is 1450. The van der Waals surface area contributed by atoms with Gasteiger partial charge < -0.3 is 15.4 Å². The lowest BCUT2D eigenvalue weighted by Crippen LogP contribution is -2.41. The van der Waals surface area contributed by atoms with Crippen LogP contribution in [0.2, 0.25) is 0 Å². The third-order valence-electron chi connectivity index (χ3n) is 6.54. The smallest absolute Gasteiger partial charge is 0.268 e. The molecule has 0 saturated carbocycles. The standard InChI is InChI=1S/C27H33N5O4S.H2/c1-6-36-22-12-9-19(14-18(22)3)21-11-10-20(25(30-21)32-16-17(2)15-27(32,4)5)26(33)31-37(34,35)23-8-7-13-29-24(23)28;/h7-14,17H,6,15-16H2,1-5H3,(H2,28,29)(H,31,33);1H/t17-;/m0./s1. The summed E-state index contributed by atoms with van der Waals surface area (Å²) in [6, 6.07) is 11.9. The van der Waals surface area contributed by atoms with Crippen molar-refractivity contribution in [2.24, 2.45) is 5.92 Å². The summed E-state index contributed by atoms with van der Waals surface area (Å²) in [6.45, 7) is 11.5. The molecule has 1 aromatic carbocycles. The molecule has 9 nitrogen and oxygen atoms in total. The third-order valence-corrected chi connectivity index (χ3v) is 7.91. The van der Waals surface area contributed by atoms with Gasteiger partial charge in [0.25, 0.3) is 15.9 Å². The average Bonchev–Trinajstić information content (AvgIpc) is 3.11. The molecule has 1 saturated heterocycles. The molecular weight excluding hydrogens is 490 g/mol. The van der Waals surface area contributed by atoms with Crippen molar-refractivity contribution in [1.29, 1.82) is 0 Å². The number of anilines is 2. The van der Waals surface area contributed by atoms with Crippen LogP contribution in [-0.2, 0) is 10.0 Å². The lowest BCUT2D eigenvalue weighted by Gasteiger charge is -2.34. The van der Waals surface area contributed by atoms with Crippen molar-refractivity contribution in [3.8, 4) is 17.0 Å². The minimum Gasteiger partial charge on any atom is -0.494 e. The lowest BCUT2D eigenvalue weighted by molar-refractivity contribution is 0.0981. The highest BCUT2D eigenvalue weighted by molar-refractivity contribution is 7.90. The van der Waals surface area contributed by atoms with E-state index in [0.717, 1.165) is 23.3 Å². The zero-order chi connectivity index (χ0) is 27.0. The second kappa shape index (κ2) is 10.0. The fourth-order valence-electron chi connectivity index (χ4n) is 4.94. The number of nitrogen functional groups attached to an aromatic ring is 1. The molecule has 1 aliphatic rings. The van der Waals surface area contributed by atoms with E-state index in [0.29, 0.717) is 30.6 Å². The second-order valence-electron chi connectivity index (χ2n) is 10.0. The largest absolute Gasteiger partial charge is 0.494 e. The first-order valence-corrected chi connectivity index (χ1v) is 13.7. The number of pyridine rings is 2. The molecule has 1 amide bonds. The van der Waals surface area contributed by atoms with E-state index in [2.05, 4.69) is 35.4 Å². The predicted molar refractivity (Wildman–Crippen MR) is 146 cm³/mol. The molecule has 198 valence electrons. The highest BCUT2D eigenvalue weighted by Gasteiger charge is 2.39. The molecule has 1 aliphatic heterocycles. The highest BCUT2D eigenvalue weighted by Crippen LogP contribution is 2.38. The Morgan fingerprint density at radius 2 is 2.03 bits per heavy atom. The van der Waals surface area contributed by atoms with Gasteiger partial charge >= 0.3 is 0 Å². The number of sulfonamides is 1. The lowest BCUT2D eigenvalue weighted by atomic mass is 9.97. The molecule has 0 radical (unpaired) electrons. The fraction of sp³-hybridized carbons (Fsp3) is 0.370. The van der Waals surface area contributed by atoms with Crippen molar-refractivity contribution in [2.45, 2.75) is 51.5 Å². The molecule has 1 atom stereocenters. The summed E-state index contributed by atoms with van der Waals surface area (Å²) in [5.41, 5.74) is 8.16. The molecule has 3 heterocycles. The maximum atomic E-state index is 13.4. The van der Waals surface area contributed by atoms with Crippen LogP contribution in [0.1, 0.15) is 51.5 Å². The number of hydrogen-bond donors (Lipinski definition) is 2. The van der Waals surface area contributed by atoms with Crippen molar-refractivity contribution in [1.82, 2.24) is 14.7 Å². The summed E-state index contributed by atoms with van der Waals surface area (Å²) in [4.78, 5) is 24.0. The number of aromatic nitrogens is 2. The monoisotopic (exact) mass is 525 g/mol. The van der Waals surface area contributed by atoms with Gasteiger partial charge in [-0.1, -0.05) is 6.92 Å². The van der Waals surface area contributed by atoms with Gasteiger partial charge in [0.05, 0.1) is 17.9 Å². The van der Waals surface area contributed by atoms with Gasteiger partial charge in [-0.05, 0) is 88.1 Å². The molecule has 37 heavy (non-hydrogen) atoms. The Balaban J connectivity index is 0.00000400. The first-order valence-electron chi connectivity index (χ1n) is 12.2. The van der Waals surface area contributed by atoms with E-state index in [9.17, 15) is 13.2 Å². The van der Waals surface area contributed by atoms with Crippen molar-refractivity contribution in [2.75, 3.05) is 23.8 Å². The molecule has 4 rings (SSSR count). The van der Waals surface area contributed by atoms with Crippen LogP contribution < -0.4 is 20.1 Å². The Labute approximate surface area is 219 Å². The molecule has 10 heteroatoms. The number of rotatable bonds is 7. The molecular formula is C27H35N5O4S. The predicted octanol–water partition coefficient (Wildman–Crippen LogP) is 4.42. The number of carbonyl (C=O) groups excluding carboxylic acids is 1. The number of nitrogens with one attached hydrogen (secondary N) is 1. The van der Waals surface area contributed by atoms with E-state index < -0.39 is 15.9 Å². The summed E-state index contributed by atoms with van der Waals surface area (Å²) in [6.07, 6.45) is 2.29. The maximum absolute atomic E-state index is 13.4. The molecule has 3 aromatic rings. The summed E-state index contributed by atoms with van der Waals surface area (Å²) in [5.74, 6) is 0.650. The quantitative estimate of drug-likeness (QED) is 0.464. The SMILES string of the molecule is CCOc1ccc(-c2ccc(C(=O)NS(=O)(=O)c3cccnc3N)c(N3C[C@@H](C)CC3(C)C)n2)cc1C.[HH]. The van der Waals surface area contributed by atoms with E-state index in [1.165, 1.54) is 18.3 Å². The summed E-state index contributed by atoms with van der Waals surface area (Å²) in [7, 11) is -4.24. The molecule has 0 spiro atoms. The van der Waals surface area contributed by atoms with Gasteiger partial charge in [0, 0.05) is 25.3 Å². The Morgan fingerprint density at radius 3 is 2.65 bits per heavy atom. The van der Waals surface area contributed by atoms with Gasteiger partial charge in [0.15, 0.2) is 0 Å². The fourth-order valence-corrected chi connectivity index (χ4v) is 5.99. The van der Waals surface area contributed by atoms with Crippen molar-refractivity contribution >= 4 is 27.6 Å². The molecule has 2 aromatic heterocycles. The van der Waals surface area contributed by atoms with Crippen LogP contribution in [0.25, 0.3) is 11.3 Å². The van der Waals surface area contributed by atoms with Crippen LogP contribution in [0, 0.1) is 12.8 Å². The molecule has 0 bridgehead atoms. The Hall–Kier alpha value is -3.66. The van der Waals surface area contributed by atoms with Gasteiger partial charge in [-0.25, -0.2) is 23.1 Å².